The first-order valence-corrected chi connectivity index (χ1v) is 12.7. The van der Waals surface area contributed by atoms with Gasteiger partial charge in [0.15, 0.2) is 0 Å². The molecule has 0 bridgehead atoms. The molecule has 1 fully saturated rings. The summed E-state index contributed by atoms with van der Waals surface area (Å²) in [5, 5.41) is 0. The van der Waals surface area contributed by atoms with Gasteiger partial charge in [-0.2, -0.15) is 0 Å². The van der Waals surface area contributed by atoms with E-state index >= 15 is 0 Å². The van der Waals surface area contributed by atoms with E-state index in [9.17, 15) is 18.0 Å². The van der Waals surface area contributed by atoms with Gasteiger partial charge in [0, 0.05) is 44.8 Å². The molecular weight excluding hydrogens is 434 g/mol. The van der Waals surface area contributed by atoms with Crippen LogP contribution in [0.1, 0.15) is 37.0 Å². The van der Waals surface area contributed by atoms with Gasteiger partial charge in [-0.1, -0.05) is 6.92 Å². The molecule has 1 aromatic carbocycles. The molecule has 178 valence electrons. The molecule has 2 aliphatic rings. The molecule has 32 heavy (non-hydrogen) atoms. The van der Waals surface area contributed by atoms with Crippen molar-refractivity contribution >= 4 is 27.5 Å². The van der Waals surface area contributed by atoms with Crippen LogP contribution in [0.2, 0.25) is 0 Å². The lowest BCUT2D eigenvalue weighted by Gasteiger charge is -2.36. The van der Waals surface area contributed by atoms with Gasteiger partial charge >= 0.3 is 0 Å². The molecule has 0 aromatic heterocycles. The minimum Gasteiger partial charge on any atom is -0.491 e. The van der Waals surface area contributed by atoms with Crippen molar-refractivity contribution in [2.75, 3.05) is 44.8 Å². The number of benzene rings is 1. The fourth-order valence-electron chi connectivity index (χ4n) is 3.93. The van der Waals surface area contributed by atoms with E-state index in [-0.39, 0.29) is 53.7 Å². The maximum atomic E-state index is 13.2. The van der Waals surface area contributed by atoms with Crippen LogP contribution in [0.25, 0.3) is 0 Å². The van der Waals surface area contributed by atoms with Gasteiger partial charge in [-0.05, 0) is 38.0 Å². The number of anilines is 1. The van der Waals surface area contributed by atoms with Crippen molar-refractivity contribution in [3.8, 4) is 5.75 Å². The number of nitrogens with zero attached hydrogens (tertiary/aromatic N) is 2. The van der Waals surface area contributed by atoms with Crippen molar-refractivity contribution in [3.63, 3.8) is 0 Å². The first kappa shape index (κ1) is 24.3. The minimum absolute atomic E-state index is 0.00228. The highest BCUT2D eigenvalue weighted by Crippen LogP contribution is 2.33. The molecule has 3 atom stereocenters. The van der Waals surface area contributed by atoms with E-state index in [0.717, 1.165) is 19.1 Å². The Kier molecular flexibility index (Phi) is 7.34. The monoisotopic (exact) mass is 467 g/mol. The van der Waals surface area contributed by atoms with Crippen LogP contribution in [-0.4, -0.2) is 82.3 Å². The second-order valence-corrected chi connectivity index (χ2v) is 10.7. The minimum atomic E-state index is -3.50. The van der Waals surface area contributed by atoms with Crippen LogP contribution >= 0.6 is 0 Å². The zero-order valence-corrected chi connectivity index (χ0v) is 20.1. The number of hydrogen-bond donors (Lipinski definition) is 1. The number of nitrogens with one attached hydrogen (secondary N) is 1. The number of fused-ring (bicyclic) bond motifs is 1. The summed E-state index contributed by atoms with van der Waals surface area (Å²) < 4.78 is 37.4. The first-order chi connectivity index (χ1) is 15.0. The van der Waals surface area contributed by atoms with Crippen LogP contribution in [0.3, 0.4) is 0 Å². The third-order valence-electron chi connectivity index (χ3n) is 5.96. The summed E-state index contributed by atoms with van der Waals surface area (Å²) in [5.41, 5.74) is 0.524. The molecule has 1 heterocycles. The van der Waals surface area contributed by atoms with Crippen LogP contribution in [0.15, 0.2) is 18.2 Å². The van der Waals surface area contributed by atoms with Crippen LogP contribution in [-0.2, 0) is 19.6 Å². The van der Waals surface area contributed by atoms with Crippen LogP contribution in [0, 0.1) is 11.8 Å². The lowest BCUT2D eigenvalue weighted by molar-refractivity contribution is -0.136. The van der Waals surface area contributed by atoms with Crippen molar-refractivity contribution in [2.45, 2.75) is 38.8 Å². The maximum Gasteiger partial charge on any atom is 0.257 e. The Balaban J connectivity index is 1.97. The maximum absolute atomic E-state index is 13.2. The number of methoxy groups -OCH3 is 1. The molecule has 1 N–H and O–H groups in total. The third kappa shape index (κ3) is 5.92. The lowest BCUT2D eigenvalue weighted by Crippen LogP contribution is -2.49. The normalized spacial score (nSPS) is 25.3. The Morgan fingerprint density at radius 3 is 2.50 bits per heavy atom. The molecule has 3 rings (SSSR count). The number of ether oxygens (including phenoxy) is 2. The number of sulfonamides is 1. The van der Waals surface area contributed by atoms with Crippen molar-refractivity contribution < 1.29 is 27.5 Å². The van der Waals surface area contributed by atoms with E-state index < -0.39 is 10.0 Å². The number of rotatable bonds is 4. The number of likely N-dealkylation sites (N-methyl/N-ethyl adjacent to an activating group) is 1. The highest BCUT2D eigenvalue weighted by Gasteiger charge is 2.37. The van der Waals surface area contributed by atoms with Gasteiger partial charge in [0.25, 0.3) is 5.91 Å². The summed E-state index contributed by atoms with van der Waals surface area (Å²) in [6.07, 6.45) is 2.61. The molecule has 2 amide bonds. The zero-order valence-electron chi connectivity index (χ0n) is 19.3. The number of carbonyl (C=O) groups excluding carboxylic acids is 2. The second kappa shape index (κ2) is 9.66. The average Bonchev–Trinajstić information content (AvgIpc) is 3.56. The van der Waals surface area contributed by atoms with Crippen molar-refractivity contribution in [1.82, 2.24) is 9.80 Å². The Morgan fingerprint density at radius 1 is 1.22 bits per heavy atom. The standard InChI is InChI=1S/C22H33N3O6S/c1-14-11-25(21(26)16-6-7-16)15(2)13-31-19-9-8-17(23-32(5,28)29)10-18(19)22(27)24(3)12-20(14)30-4/h8-10,14-16,20,23H,6-7,11-13H2,1-5H3/t14-,15+,20-/m1/s1. The quantitative estimate of drug-likeness (QED) is 0.724. The third-order valence-corrected chi connectivity index (χ3v) is 6.56. The van der Waals surface area contributed by atoms with E-state index in [4.69, 9.17) is 9.47 Å². The summed E-state index contributed by atoms with van der Waals surface area (Å²) >= 11 is 0. The Bertz CT molecular complexity index is 962. The summed E-state index contributed by atoms with van der Waals surface area (Å²) in [7, 11) is -0.229. The van der Waals surface area contributed by atoms with Crippen molar-refractivity contribution in [1.29, 1.82) is 0 Å². The van der Waals surface area contributed by atoms with E-state index in [1.54, 1.807) is 26.3 Å². The molecule has 1 aliphatic carbocycles. The summed E-state index contributed by atoms with van der Waals surface area (Å²) in [6, 6.07) is 4.41. The van der Waals surface area contributed by atoms with E-state index in [1.807, 2.05) is 18.7 Å². The smallest absolute Gasteiger partial charge is 0.257 e. The number of amides is 2. The van der Waals surface area contributed by atoms with Crippen molar-refractivity contribution in [2.24, 2.45) is 11.8 Å². The molecule has 10 heteroatoms. The van der Waals surface area contributed by atoms with Crippen LogP contribution in [0.5, 0.6) is 5.75 Å². The molecule has 0 saturated heterocycles. The Hall–Kier alpha value is -2.33. The summed E-state index contributed by atoms with van der Waals surface area (Å²) in [6.45, 7) is 5.00. The van der Waals surface area contributed by atoms with Crippen molar-refractivity contribution in [3.05, 3.63) is 23.8 Å². The van der Waals surface area contributed by atoms with Gasteiger partial charge in [-0.3, -0.25) is 14.3 Å². The SMILES string of the molecule is CO[C@@H]1CN(C)C(=O)c2cc(NS(C)(=O)=O)ccc2OC[C@H](C)N(C(=O)C2CC2)C[C@H]1C. The Labute approximate surface area is 190 Å². The fraction of sp³-hybridized carbons (Fsp3) is 0.636. The van der Waals surface area contributed by atoms with Gasteiger partial charge in [0.2, 0.25) is 15.9 Å². The molecule has 9 nitrogen and oxygen atoms in total. The van der Waals surface area contributed by atoms with Gasteiger partial charge < -0.3 is 19.3 Å². The summed E-state index contributed by atoms with van der Waals surface area (Å²) in [4.78, 5) is 29.6. The summed E-state index contributed by atoms with van der Waals surface area (Å²) in [5.74, 6) is 0.258. The highest BCUT2D eigenvalue weighted by molar-refractivity contribution is 7.92. The van der Waals surface area contributed by atoms with E-state index in [1.165, 1.54) is 11.0 Å². The second-order valence-electron chi connectivity index (χ2n) is 8.95. The van der Waals surface area contributed by atoms with Crippen LogP contribution < -0.4 is 9.46 Å². The van der Waals surface area contributed by atoms with Gasteiger partial charge in [-0.25, -0.2) is 8.42 Å². The van der Waals surface area contributed by atoms with E-state index in [0.29, 0.717) is 18.8 Å². The number of hydrogen-bond acceptors (Lipinski definition) is 6. The topological polar surface area (TPSA) is 105 Å². The van der Waals surface area contributed by atoms with E-state index in [2.05, 4.69) is 4.72 Å². The molecule has 1 saturated carbocycles. The predicted octanol–water partition coefficient (Wildman–Crippen LogP) is 1.80. The number of carbonyl (C=O) groups is 2. The van der Waals surface area contributed by atoms with Crippen LogP contribution in [0.4, 0.5) is 5.69 Å². The molecule has 0 spiro atoms. The first-order valence-electron chi connectivity index (χ1n) is 10.8. The molecule has 0 radical (unpaired) electrons. The van der Waals surface area contributed by atoms with Gasteiger partial charge in [0.1, 0.15) is 12.4 Å². The highest BCUT2D eigenvalue weighted by atomic mass is 32.2. The molecule has 1 aromatic rings. The lowest BCUT2D eigenvalue weighted by atomic mass is 10.0. The Morgan fingerprint density at radius 2 is 1.91 bits per heavy atom. The molecular formula is C22H33N3O6S. The predicted molar refractivity (Wildman–Crippen MR) is 121 cm³/mol. The van der Waals surface area contributed by atoms with Gasteiger partial charge in [-0.15, -0.1) is 0 Å². The molecule has 0 unspecified atom stereocenters. The molecule has 1 aliphatic heterocycles. The largest absolute Gasteiger partial charge is 0.491 e. The fourth-order valence-corrected chi connectivity index (χ4v) is 4.48. The van der Waals surface area contributed by atoms with Gasteiger partial charge in [0.05, 0.1) is 24.0 Å². The zero-order chi connectivity index (χ0) is 23.6. The average molecular weight is 468 g/mol.